The molecule has 4 aliphatic rings. The van der Waals surface area contributed by atoms with E-state index in [4.69, 9.17) is 9.52 Å². The molecule has 1 amide bonds. The van der Waals surface area contributed by atoms with Gasteiger partial charge in [0.2, 0.25) is 5.91 Å². The molecule has 6 rings (SSSR count). The monoisotopic (exact) mass is 607 g/mol. The number of fused-ring (bicyclic) bond motifs is 6. The van der Waals surface area contributed by atoms with E-state index in [9.17, 15) is 24.6 Å². The van der Waals surface area contributed by atoms with Crippen LogP contribution in [0.5, 0.6) is 0 Å². The Hall–Kier alpha value is -2.71. The van der Waals surface area contributed by atoms with E-state index in [1.54, 1.807) is 25.1 Å². The van der Waals surface area contributed by atoms with Crippen molar-refractivity contribution in [2.24, 2.45) is 46.3 Å². The van der Waals surface area contributed by atoms with Crippen molar-refractivity contribution in [2.45, 2.75) is 111 Å². The predicted molar refractivity (Wildman–Crippen MR) is 168 cm³/mol. The molecule has 4 aliphatic carbocycles. The zero-order valence-corrected chi connectivity index (χ0v) is 26.6. The first-order valence-electron chi connectivity index (χ1n) is 16.8. The lowest BCUT2D eigenvalue weighted by molar-refractivity contribution is -0.174. The minimum atomic E-state index is -1.09. The molecule has 8 nitrogen and oxygen atoms in total. The standard InChI is InChI=1S/C36H49NO7/c1-19(5-12-32(40)37-22-7-9-24-20(2)26(17-33(41)42)34(43)44-30(24)16-22)27-10-11-28-25-8-6-21-15-23(38)13-14-35(21,3)29(25)18-31(39)36(27,28)4/h7,9,16,19,21,23,25,27-29,31,38-39H,5-6,8,10-15,17-18H2,1-4H3,(H,37,40)(H,41,42)/t19-,21-,23-,25+,27-,28+,29+,31?,35+,36-/m1/s1. The number of aliphatic hydroxyl groups excluding tert-OH is 2. The van der Waals surface area contributed by atoms with Gasteiger partial charge in [-0.2, -0.15) is 0 Å². The first kappa shape index (κ1) is 31.3. The number of aliphatic hydroxyl groups is 2. The second-order valence-corrected chi connectivity index (χ2v) is 15.2. The maximum Gasteiger partial charge on any atom is 0.340 e. The first-order chi connectivity index (χ1) is 20.8. The van der Waals surface area contributed by atoms with Gasteiger partial charge in [0.05, 0.1) is 24.2 Å². The number of aryl methyl sites for hydroxylation is 1. The molecule has 4 saturated carbocycles. The van der Waals surface area contributed by atoms with Crippen LogP contribution in [0.2, 0.25) is 0 Å². The fourth-order valence-electron chi connectivity index (χ4n) is 10.8. The van der Waals surface area contributed by atoms with Gasteiger partial charge in [0.15, 0.2) is 0 Å². The van der Waals surface area contributed by atoms with Gasteiger partial charge < -0.3 is 25.1 Å². The molecule has 0 bridgehead atoms. The Bertz CT molecular complexity index is 1500. The highest BCUT2D eigenvalue weighted by molar-refractivity contribution is 5.94. The molecule has 4 fully saturated rings. The molecule has 4 N–H and O–H groups in total. The molecule has 240 valence electrons. The summed E-state index contributed by atoms with van der Waals surface area (Å²) in [7, 11) is 0. The Morgan fingerprint density at radius 2 is 1.84 bits per heavy atom. The number of aliphatic carboxylic acids is 1. The number of carboxylic acid groups (broad SMARTS) is 1. The molecule has 44 heavy (non-hydrogen) atoms. The Morgan fingerprint density at radius 1 is 1.07 bits per heavy atom. The average Bonchev–Trinajstić information content (AvgIpc) is 3.33. The third-order valence-corrected chi connectivity index (χ3v) is 13.2. The van der Waals surface area contributed by atoms with E-state index in [-0.39, 0.29) is 34.5 Å². The van der Waals surface area contributed by atoms with Crippen LogP contribution in [0, 0.1) is 53.3 Å². The summed E-state index contributed by atoms with van der Waals surface area (Å²) >= 11 is 0. The van der Waals surface area contributed by atoms with Crippen LogP contribution in [-0.2, 0) is 16.0 Å². The number of hydrogen-bond donors (Lipinski definition) is 4. The number of hydrogen-bond acceptors (Lipinski definition) is 6. The SMILES string of the molecule is Cc1c(CC(=O)O)c(=O)oc2cc(NC(=O)CC[C@@H](C)[C@H]3CC[C@H]4[C@@H]5CC[C@@H]6C[C@H](O)CC[C@]6(C)[C@H]5CC(O)[C@]34C)ccc12. The van der Waals surface area contributed by atoms with Gasteiger partial charge in [-0.1, -0.05) is 20.8 Å². The molecular formula is C36H49NO7. The van der Waals surface area contributed by atoms with E-state index >= 15 is 0 Å². The van der Waals surface area contributed by atoms with E-state index in [0.29, 0.717) is 64.1 Å². The quantitative estimate of drug-likeness (QED) is 0.280. The van der Waals surface area contributed by atoms with Crippen LogP contribution < -0.4 is 10.9 Å². The minimum Gasteiger partial charge on any atom is -0.481 e. The molecule has 2 aromatic rings. The predicted octanol–water partition coefficient (Wildman–Crippen LogP) is 6.07. The van der Waals surface area contributed by atoms with Gasteiger partial charge in [-0.05, 0) is 129 Å². The molecule has 1 heterocycles. The number of carbonyl (C=O) groups excluding carboxylic acids is 1. The van der Waals surface area contributed by atoms with Crippen LogP contribution in [-0.4, -0.2) is 39.4 Å². The summed E-state index contributed by atoms with van der Waals surface area (Å²) in [6, 6.07) is 5.12. The summed E-state index contributed by atoms with van der Waals surface area (Å²) in [5, 5.41) is 34.9. The second kappa shape index (κ2) is 11.6. The zero-order valence-electron chi connectivity index (χ0n) is 26.6. The molecule has 8 heteroatoms. The smallest absolute Gasteiger partial charge is 0.340 e. The lowest BCUT2D eigenvalue weighted by Crippen LogP contribution is -2.58. The number of nitrogens with one attached hydrogen (secondary N) is 1. The third kappa shape index (κ3) is 5.20. The number of benzene rings is 1. The summed E-state index contributed by atoms with van der Waals surface area (Å²) in [6.07, 6.45) is 8.57. The Labute approximate surface area is 259 Å². The van der Waals surface area contributed by atoms with E-state index in [1.165, 1.54) is 12.8 Å². The van der Waals surface area contributed by atoms with Gasteiger partial charge in [0, 0.05) is 23.6 Å². The lowest BCUT2D eigenvalue weighted by Gasteiger charge is -2.62. The van der Waals surface area contributed by atoms with E-state index in [1.807, 2.05) is 0 Å². The maximum absolute atomic E-state index is 13.0. The molecule has 0 aliphatic heterocycles. The zero-order chi connectivity index (χ0) is 31.6. The molecule has 1 aromatic heterocycles. The molecule has 10 atom stereocenters. The average molecular weight is 608 g/mol. The van der Waals surface area contributed by atoms with Gasteiger partial charge >= 0.3 is 11.6 Å². The molecule has 0 spiro atoms. The van der Waals surface area contributed by atoms with Crippen LogP contribution in [0.1, 0.15) is 96.1 Å². The number of carbonyl (C=O) groups is 2. The number of carboxylic acids is 1. The van der Waals surface area contributed by atoms with Crippen LogP contribution in [0.4, 0.5) is 5.69 Å². The van der Waals surface area contributed by atoms with E-state index in [0.717, 1.165) is 44.9 Å². The highest BCUT2D eigenvalue weighted by atomic mass is 16.4. The fourth-order valence-corrected chi connectivity index (χ4v) is 10.8. The second-order valence-electron chi connectivity index (χ2n) is 15.2. The highest BCUT2D eigenvalue weighted by Gasteiger charge is 2.63. The lowest BCUT2D eigenvalue weighted by atomic mass is 9.43. The number of anilines is 1. The minimum absolute atomic E-state index is 0.104. The van der Waals surface area contributed by atoms with Gasteiger partial charge in [-0.25, -0.2) is 4.79 Å². The fraction of sp³-hybridized carbons (Fsp3) is 0.694. The summed E-state index contributed by atoms with van der Waals surface area (Å²) in [5.74, 6) is 1.70. The molecule has 1 aromatic carbocycles. The highest BCUT2D eigenvalue weighted by Crippen LogP contribution is 2.68. The largest absolute Gasteiger partial charge is 0.481 e. The van der Waals surface area contributed by atoms with Crippen molar-refractivity contribution >= 4 is 28.5 Å². The van der Waals surface area contributed by atoms with Gasteiger partial charge in [-0.15, -0.1) is 0 Å². The summed E-state index contributed by atoms with van der Waals surface area (Å²) < 4.78 is 5.41. The van der Waals surface area contributed by atoms with E-state index in [2.05, 4.69) is 26.1 Å². The Kier molecular flexibility index (Phi) is 8.23. The van der Waals surface area contributed by atoms with Gasteiger partial charge in [0.1, 0.15) is 5.58 Å². The summed E-state index contributed by atoms with van der Waals surface area (Å²) in [4.78, 5) is 36.6. The van der Waals surface area contributed by atoms with E-state index < -0.39 is 18.0 Å². The third-order valence-electron chi connectivity index (χ3n) is 13.2. The Morgan fingerprint density at radius 3 is 2.59 bits per heavy atom. The topological polar surface area (TPSA) is 137 Å². The van der Waals surface area contributed by atoms with Crippen molar-refractivity contribution in [3.05, 3.63) is 39.7 Å². The van der Waals surface area contributed by atoms with Crippen molar-refractivity contribution < 1.29 is 29.3 Å². The van der Waals surface area contributed by atoms with Crippen molar-refractivity contribution in [1.82, 2.24) is 0 Å². The normalized spacial score (nSPS) is 37.1. The molecule has 0 saturated heterocycles. The van der Waals surface area contributed by atoms with Crippen LogP contribution in [0.15, 0.2) is 27.4 Å². The Balaban J connectivity index is 1.10. The summed E-state index contributed by atoms with van der Waals surface area (Å²) in [5.41, 5.74) is 0.962. The first-order valence-corrected chi connectivity index (χ1v) is 16.8. The number of amides is 1. The van der Waals surface area contributed by atoms with Crippen LogP contribution >= 0.6 is 0 Å². The molecule has 0 radical (unpaired) electrons. The van der Waals surface area contributed by atoms with Crippen molar-refractivity contribution in [3.8, 4) is 0 Å². The van der Waals surface area contributed by atoms with Crippen molar-refractivity contribution in [3.63, 3.8) is 0 Å². The van der Waals surface area contributed by atoms with Crippen molar-refractivity contribution in [2.75, 3.05) is 5.32 Å². The molecular weight excluding hydrogens is 558 g/mol. The van der Waals surface area contributed by atoms with Gasteiger partial charge in [0.25, 0.3) is 0 Å². The van der Waals surface area contributed by atoms with Gasteiger partial charge in [-0.3, -0.25) is 9.59 Å². The molecule has 1 unspecified atom stereocenters. The van der Waals surface area contributed by atoms with Crippen LogP contribution in [0.3, 0.4) is 0 Å². The van der Waals surface area contributed by atoms with Crippen LogP contribution in [0.25, 0.3) is 11.0 Å². The maximum atomic E-state index is 13.0. The van der Waals surface area contributed by atoms with Crippen molar-refractivity contribution in [1.29, 1.82) is 0 Å². The summed E-state index contributed by atoms with van der Waals surface area (Å²) in [6.45, 7) is 8.73. The number of rotatable bonds is 7.